The van der Waals surface area contributed by atoms with Crippen molar-refractivity contribution in [2.75, 3.05) is 13.6 Å². The Labute approximate surface area is 125 Å². The third-order valence-electron chi connectivity index (χ3n) is 2.99. The molecule has 0 heterocycles. The van der Waals surface area contributed by atoms with Gasteiger partial charge in [0.2, 0.25) is 0 Å². The van der Waals surface area contributed by atoms with E-state index in [9.17, 15) is 18.0 Å². The normalized spacial score (nSPS) is 13.6. The molecular formula is C13H14Cl2F3NO. The first-order valence-corrected chi connectivity index (χ1v) is 6.63. The number of hydrogen-bond acceptors (Lipinski definition) is 2. The van der Waals surface area contributed by atoms with Gasteiger partial charge in [0.1, 0.15) is 0 Å². The average molecular weight is 328 g/mol. The summed E-state index contributed by atoms with van der Waals surface area (Å²) in [6.45, 7) is 1.30. The molecule has 0 saturated heterocycles. The number of ketones is 1. The van der Waals surface area contributed by atoms with E-state index < -0.39 is 18.6 Å². The summed E-state index contributed by atoms with van der Waals surface area (Å²) in [6.07, 6.45) is -5.20. The van der Waals surface area contributed by atoms with Gasteiger partial charge in [-0.1, -0.05) is 23.2 Å². The lowest BCUT2D eigenvalue weighted by Crippen LogP contribution is -2.38. The summed E-state index contributed by atoms with van der Waals surface area (Å²) in [5.74, 6) is -0.337. The summed E-state index contributed by atoms with van der Waals surface area (Å²) in [5, 5.41) is 0.586. The standard InChI is InChI=1S/C13H14Cl2F3NO/c1-8(19(2)6-5-13(16,17)18)12(20)10-4-3-9(14)7-11(10)15/h3-4,7-8H,5-6H2,1-2H3. The molecule has 0 aliphatic rings. The Hall–Kier alpha value is -0.780. The van der Waals surface area contributed by atoms with Crippen LogP contribution in [0.4, 0.5) is 13.2 Å². The number of carbonyl (C=O) groups excluding carboxylic acids is 1. The molecule has 1 aromatic rings. The molecule has 1 atom stereocenters. The summed E-state index contributed by atoms with van der Waals surface area (Å²) in [4.78, 5) is 13.5. The highest BCUT2D eigenvalue weighted by molar-refractivity contribution is 6.37. The Morgan fingerprint density at radius 3 is 2.45 bits per heavy atom. The van der Waals surface area contributed by atoms with Crippen molar-refractivity contribution in [3.63, 3.8) is 0 Å². The minimum atomic E-state index is -4.24. The third kappa shape index (κ3) is 4.96. The molecule has 0 saturated carbocycles. The lowest BCUT2D eigenvalue weighted by atomic mass is 10.0. The van der Waals surface area contributed by atoms with E-state index in [0.717, 1.165) is 0 Å². The topological polar surface area (TPSA) is 20.3 Å². The maximum Gasteiger partial charge on any atom is 0.390 e. The molecule has 1 aromatic carbocycles. The molecule has 1 rings (SSSR count). The quantitative estimate of drug-likeness (QED) is 0.745. The van der Waals surface area contributed by atoms with Crippen molar-refractivity contribution >= 4 is 29.0 Å². The van der Waals surface area contributed by atoms with Crippen LogP contribution in [0.15, 0.2) is 18.2 Å². The number of hydrogen-bond donors (Lipinski definition) is 0. The number of rotatable bonds is 5. The van der Waals surface area contributed by atoms with E-state index >= 15 is 0 Å². The molecule has 1 unspecified atom stereocenters. The van der Waals surface area contributed by atoms with Gasteiger partial charge in [0.25, 0.3) is 0 Å². The van der Waals surface area contributed by atoms with Crippen molar-refractivity contribution in [2.24, 2.45) is 0 Å². The molecule has 0 bridgehead atoms. The van der Waals surface area contributed by atoms with Crippen LogP contribution < -0.4 is 0 Å². The Morgan fingerprint density at radius 1 is 1.35 bits per heavy atom. The van der Waals surface area contributed by atoms with Crippen LogP contribution in [0.25, 0.3) is 0 Å². The van der Waals surface area contributed by atoms with Gasteiger partial charge in [0.05, 0.1) is 17.5 Å². The lowest BCUT2D eigenvalue weighted by molar-refractivity contribution is -0.137. The third-order valence-corrected chi connectivity index (χ3v) is 3.53. The highest BCUT2D eigenvalue weighted by Crippen LogP contribution is 2.24. The van der Waals surface area contributed by atoms with Crippen LogP contribution in [0.5, 0.6) is 0 Å². The van der Waals surface area contributed by atoms with Crippen LogP contribution in [0.1, 0.15) is 23.7 Å². The molecule has 0 spiro atoms. The van der Waals surface area contributed by atoms with E-state index in [2.05, 4.69) is 0 Å². The Balaban J connectivity index is 2.75. The summed E-state index contributed by atoms with van der Waals surface area (Å²) in [5.41, 5.74) is 0.252. The molecule has 0 N–H and O–H groups in total. The van der Waals surface area contributed by atoms with Crippen LogP contribution in [-0.4, -0.2) is 36.5 Å². The van der Waals surface area contributed by atoms with Crippen molar-refractivity contribution in [3.05, 3.63) is 33.8 Å². The molecule has 20 heavy (non-hydrogen) atoms. The van der Waals surface area contributed by atoms with Crippen molar-refractivity contribution in [1.29, 1.82) is 0 Å². The first-order chi connectivity index (χ1) is 9.11. The van der Waals surface area contributed by atoms with Gasteiger partial charge in [-0.25, -0.2) is 0 Å². The van der Waals surface area contributed by atoms with Crippen molar-refractivity contribution in [2.45, 2.75) is 25.6 Å². The van der Waals surface area contributed by atoms with Crippen molar-refractivity contribution in [1.82, 2.24) is 4.90 Å². The van der Waals surface area contributed by atoms with Crippen LogP contribution in [0.3, 0.4) is 0 Å². The van der Waals surface area contributed by atoms with Gasteiger partial charge in [-0.15, -0.1) is 0 Å². The van der Waals surface area contributed by atoms with Crippen molar-refractivity contribution in [3.8, 4) is 0 Å². The van der Waals surface area contributed by atoms with Gasteiger partial charge in [-0.2, -0.15) is 13.2 Å². The second-order valence-electron chi connectivity index (χ2n) is 4.51. The smallest absolute Gasteiger partial charge is 0.296 e. The maximum atomic E-state index is 12.2. The molecule has 112 valence electrons. The van der Waals surface area contributed by atoms with Crippen LogP contribution in [-0.2, 0) is 0 Å². The van der Waals surface area contributed by atoms with Crippen LogP contribution >= 0.6 is 23.2 Å². The zero-order chi connectivity index (χ0) is 15.5. The predicted octanol–water partition coefficient (Wildman–Crippen LogP) is 4.45. The monoisotopic (exact) mass is 327 g/mol. The molecule has 0 radical (unpaired) electrons. The predicted molar refractivity (Wildman–Crippen MR) is 73.6 cm³/mol. The average Bonchev–Trinajstić information content (AvgIpc) is 2.33. The number of halogens is 5. The van der Waals surface area contributed by atoms with Crippen molar-refractivity contribution < 1.29 is 18.0 Å². The van der Waals surface area contributed by atoms with Gasteiger partial charge < -0.3 is 0 Å². The molecular weight excluding hydrogens is 314 g/mol. The van der Waals surface area contributed by atoms with E-state index in [4.69, 9.17) is 23.2 Å². The van der Waals surface area contributed by atoms with Gasteiger partial charge in [0.15, 0.2) is 5.78 Å². The molecule has 0 aliphatic carbocycles. The SMILES string of the molecule is CC(C(=O)c1ccc(Cl)cc1Cl)N(C)CCC(F)(F)F. The van der Waals surface area contributed by atoms with E-state index in [1.54, 1.807) is 6.92 Å². The van der Waals surface area contributed by atoms with Gasteiger partial charge in [-0.05, 0) is 32.2 Å². The first-order valence-electron chi connectivity index (χ1n) is 5.88. The van der Waals surface area contributed by atoms with Crippen LogP contribution in [0.2, 0.25) is 10.0 Å². The Bertz CT molecular complexity index is 491. The Kier molecular flexibility index (Phi) is 5.86. The molecule has 7 heteroatoms. The van der Waals surface area contributed by atoms with E-state index in [1.807, 2.05) is 0 Å². The van der Waals surface area contributed by atoms with E-state index in [-0.39, 0.29) is 22.9 Å². The summed E-state index contributed by atoms with van der Waals surface area (Å²) >= 11 is 11.7. The minimum absolute atomic E-state index is 0.193. The number of Topliss-reactive ketones (excluding diaryl/α,β-unsaturated/α-hetero) is 1. The minimum Gasteiger partial charge on any atom is -0.296 e. The summed E-state index contributed by atoms with van der Waals surface area (Å²) in [7, 11) is 1.47. The highest BCUT2D eigenvalue weighted by Gasteiger charge is 2.29. The second-order valence-corrected chi connectivity index (χ2v) is 5.35. The van der Waals surface area contributed by atoms with Gasteiger partial charge in [0, 0.05) is 17.1 Å². The molecule has 2 nitrogen and oxygen atoms in total. The van der Waals surface area contributed by atoms with E-state index in [1.165, 1.54) is 30.1 Å². The number of carbonyl (C=O) groups is 1. The number of benzene rings is 1. The largest absolute Gasteiger partial charge is 0.390 e. The van der Waals surface area contributed by atoms with E-state index in [0.29, 0.717) is 5.02 Å². The molecule has 0 fully saturated rings. The fraction of sp³-hybridized carbons (Fsp3) is 0.462. The van der Waals surface area contributed by atoms with Crippen LogP contribution in [0, 0.1) is 0 Å². The number of likely N-dealkylation sites (N-methyl/N-ethyl adjacent to an activating group) is 1. The second kappa shape index (κ2) is 6.78. The van der Waals surface area contributed by atoms with Gasteiger partial charge in [-0.3, -0.25) is 9.69 Å². The summed E-state index contributed by atoms with van der Waals surface area (Å²) in [6, 6.07) is 3.72. The molecule has 0 aromatic heterocycles. The highest BCUT2D eigenvalue weighted by atomic mass is 35.5. The summed E-state index contributed by atoms with van der Waals surface area (Å²) < 4.78 is 36.5. The zero-order valence-corrected chi connectivity index (χ0v) is 12.5. The Morgan fingerprint density at radius 2 is 1.95 bits per heavy atom. The fourth-order valence-electron chi connectivity index (χ4n) is 1.61. The number of alkyl halides is 3. The molecule has 0 aliphatic heterocycles. The molecule has 0 amide bonds. The first kappa shape index (κ1) is 17.3. The zero-order valence-electron chi connectivity index (χ0n) is 11.0. The lowest BCUT2D eigenvalue weighted by Gasteiger charge is -2.24. The van der Waals surface area contributed by atoms with Gasteiger partial charge >= 0.3 is 6.18 Å². The number of nitrogens with zero attached hydrogens (tertiary/aromatic N) is 1. The maximum absolute atomic E-state index is 12.2. The fourth-order valence-corrected chi connectivity index (χ4v) is 2.11.